The SMILES string of the molecule is C[C@H]1CCC[C@]2(C)C(=O)C=CC=C12. The molecule has 0 aliphatic heterocycles. The molecule has 2 rings (SSSR count). The molecule has 0 aromatic rings. The number of carbonyl (C=O) groups excluding carboxylic acids is 1. The lowest BCUT2D eigenvalue weighted by molar-refractivity contribution is -0.122. The second-order valence-electron chi connectivity index (χ2n) is 4.47. The Hall–Kier alpha value is -0.850. The fourth-order valence-electron chi connectivity index (χ4n) is 2.64. The second-order valence-corrected chi connectivity index (χ2v) is 4.47. The van der Waals surface area contributed by atoms with Gasteiger partial charge in [0.2, 0.25) is 0 Å². The molecule has 2 atom stereocenters. The molecule has 0 aromatic heterocycles. The maximum Gasteiger partial charge on any atom is 0.165 e. The number of allylic oxidation sites excluding steroid dienone is 4. The van der Waals surface area contributed by atoms with E-state index >= 15 is 0 Å². The van der Waals surface area contributed by atoms with E-state index in [1.165, 1.54) is 18.4 Å². The van der Waals surface area contributed by atoms with Crippen LogP contribution in [0.25, 0.3) is 0 Å². The molecule has 0 saturated heterocycles. The molecule has 2 aliphatic carbocycles. The number of carbonyl (C=O) groups is 1. The third-order valence-electron chi connectivity index (χ3n) is 3.55. The maximum absolute atomic E-state index is 11.8. The van der Waals surface area contributed by atoms with Crippen LogP contribution in [0.3, 0.4) is 0 Å². The van der Waals surface area contributed by atoms with Gasteiger partial charge in [0.1, 0.15) is 0 Å². The van der Waals surface area contributed by atoms with Crippen LogP contribution in [0.4, 0.5) is 0 Å². The van der Waals surface area contributed by atoms with E-state index < -0.39 is 0 Å². The lowest BCUT2D eigenvalue weighted by Crippen LogP contribution is -2.36. The summed E-state index contributed by atoms with van der Waals surface area (Å²) in [4.78, 5) is 11.8. The van der Waals surface area contributed by atoms with E-state index in [0.717, 1.165) is 6.42 Å². The molecule has 0 unspecified atom stereocenters. The van der Waals surface area contributed by atoms with E-state index in [1.54, 1.807) is 6.08 Å². The van der Waals surface area contributed by atoms with Crippen molar-refractivity contribution < 1.29 is 4.79 Å². The largest absolute Gasteiger partial charge is 0.294 e. The summed E-state index contributed by atoms with van der Waals surface area (Å²) in [7, 11) is 0. The first-order valence-electron chi connectivity index (χ1n) is 5.08. The summed E-state index contributed by atoms with van der Waals surface area (Å²) in [5.74, 6) is 0.893. The van der Waals surface area contributed by atoms with E-state index in [1.807, 2.05) is 6.08 Å². The van der Waals surface area contributed by atoms with Gasteiger partial charge in [-0.2, -0.15) is 0 Å². The molecule has 1 nitrogen and oxygen atoms in total. The van der Waals surface area contributed by atoms with Gasteiger partial charge in [0.05, 0.1) is 5.41 Å². The molecule has 0 amide bonds. The molecule has 13 heavy (non-hydrogen) atoms. The topological polar surface area (TPSA) is 17.1 Å². The average Bonchev–Trinajstić information content (AvgIpc) is 2.08. The molecule has 0 bridgehead atoms. The first kappa shape index (κ1) is 8.74. The zero-order valence-electron chi connectivity index (χ0n) is 8.34. The highest BCUT2D eigenvalue weighted by Gasteiger charge is 2.40. The predicted molar refractivity (Wildman–Crippen MR) is 53.4 cm³/mol. The van der Waals surface area contributed by atoms with Crippen LogP contribution in [0.15, 0.2) is 23.8 Å². The number of rotatable bonds is 0. The minimum absolute atomic E-state index is 0.160. The zero-order chi connectivity index (χ0) is 9.47. The minimum Gasteiger partial charge on any atom is -0.294 e. The van der Waals surface area contributed by atoms with Crippen LogP contribution < -0.4 is 0 Å². The van der Waals surface area contributed by atoms with Gasteiger partial charge < -0.3 is 0 Å². The Morgan fingerprint density at radius 3 is 3.00 bits per heavy atom. The molecule has 0 N–H and O–H groups in total. The molecule has 0 spiro atoms. The van der Waals surface area contributed by atoms with Crippen molar-refractivity contribution in [2.75, 3.05) is 0 Å². The summed E-state index contributed by atoms with van der Waals surface area (Å²) in [6.07, 6.45) is 9.23. The highest BCUT2D eigenvalue weighted by Crippen LogP contribution is 2.45. The van der Waals surface area contributed by atoms with Crippen LogP contribution in [-0.2, 0) is 4.79 Å². The second kappa shape index (κ2) is 2.83. The summed E-state index contributed by atoms with van der Waals surface area (Å²) in [6.45, 7) is 4.33. The van der Waals surface area contributed by atoms with Crippen molar-refractivity contribution >= 4 is 5.78 Å². The summed E-state index contributed by atoms with van der Waals surface area (Å²) in [5, 5.41) is 0. The lowest BCUT2D eigenvalue weighted by Gasteiger charge is -2.39. The van der Waals surface area contributed by atoms with Crippen LogP contribution in [0.2, 0.25) is 0 Å². The Balaban J connectivity index is 2.42. The van der Waals surface area contributed by atoms with Gasteiger partial charge in [-0.3, -0.25) is 4.79 Å². The Kier molecular flexibility index (Phi) is 1.90. The van der Waals surface area contributed by atoms with Crippen LogP contribution in [-0.4, -0.2) is 5.78 Å². The van der Waals surface area contributed by atoms with Gasteiger partial charge in [-0.25, -0.2) is 0 Å². The van der Waals surface area contributed by atoms with Crippen LogP contribution in [0, 0.1) is 11.3 Å². The first-order chi connectivity index (χ1) is 6.14. The molecule has 0 heterocycles. The van der Waals surface area contributed by atoms with E-state index in [0.29, 0.717) is 11.7 Å². The van der Waals surface area contributed by atoms with Gasteiger partial charge in [-0.15, -0.1) is 0 Å². The standard InChI is InChI=1S/C12H16O/c1-9-5-4-8-12(2)10(9)6-3-7-11(12)13/h3,6-7,9H,4-5,8H2,1-2H3/t9-,12-/m0/s1. The van der Waals surface area contributed by atoms with Gasteiger partial charge in [0, 0.05) is 0 Å². The van der Waals surface area contributed by atoms with Gasteiger partial charge in [-0.05, 0) is 31.8 Å². The number of hydrogen-bond acceptors (Lipinski definition) is 1. The zero-order valence-corrected chi connectivity index (χ0v) is 8.34. The highest BCUT2D eigenvalue weighted by molar-refractivity contribution is 5.98. The normalized spacial score (nSPS) is 38.5. The van der Waals surface area contributed by atoms with Crippen molar-refractivity contribution in [1.82, 2.24) is 0 Å². The van der Waals surface area contributed by atoms with Crippen molar-refractivity contribution in [3.63, 3.8) is 0 Å². The van der Waals surface area contributed by atoms with Crippen molar-refractivity contribution in [2.24, 2.45) is 11.3 Å². The number of hydrogen-bond donors (Lipinski definition) is 0. The Bertz CT molecular complexity index is 298. The molecule has 1 heteroatoms. The van der Waals surface area contributed by atoms with Crippen LogP contribution in [0.5, 0.6) is 0 Å². The number of fused-ring (bicyclic) bond motifs is 1. The van der Waals surface area contributed by atoms with E-state index in [2.05, 4.69) is 19.9 Å². The quantitative estimate of drug-likeness (QED) is 0.554. The van der Waals surface area contributed by atoms with Crippen LogP contribution in [0.1, 0.15) is 33.1 Å². The predicted octanol–water partition coefficient (Wildman–Crippen LogP) is 2.88. The summed E-state index contributed by atoms with van der Waals surface area (Å²) < 4.78 is 0. The van der Waals surface area contributed by atoms with E-state index in [9.17, 15) is 4.79 Å². The Labute approximate surface area is 79.5 Å². The van der Waals surface area contributed by atoms with E-state index in [4.69, 9.17) is 0 Å². The monoisotopic (exact) mass is 176 g/mol. The van der Waals surface area contributed by atoms with Crippen molar-refractivity contribution in [3.05, 3.63) is 23.8 Å². The van der Waals surface area contributed by atoms with Crippen molar-refractivity contribution in [3.8, 4) is 0 Å². The van der Waals surface area contributed by atoms with Crippen LogP contribution >= 0.6 is 0 Å². The molecule has 1 fully saturated rings. The van der Waals surface area contributed by atoms with Gasteiger partial charge in [0.25, 0.3) is 0 Å². The molecule has 70 valence electrons. The third-order valence-corrected chi connectivity index (χ3v) is 3.55. The van der Waals surface area contributed by atoms with Gasteiger partial charge in [0.15, 0.2) is 5.78 Å². The number of ketones is 1. The molecule has 0 radical (unpaired) electrons. The fourth-order valence-corrected chi connectivity index (χ4v) is 2.64. The smallest absolute Gasteiger partial charge is 0.165 e. The molecule has 1 saturated carbocycles. The molecular weight excluding hydrogens is 160 g/mol. The summed E-state index contributed by atoms with van der Waals surface area (Å²) in [5.41, 5.74) is 1.19. The van der Waals surface area contributed by atoms with Gasteiger partial charge >= 0.3 is 0 Å². The summed E-state index contributed by atoms with van der Waals surface area (Å²) in [6, 6.07) is 0. The Morgan fingerprint density at radius 1 is 1.54 bits per heavy atom. The van der Waals surface area contributed by atoms with E-state index in [-0.39, 0.29) is 5.41 Å². The highest BCUT2D eigenvalue weighted by atomic mass is 16.1. The summed E-state index contributed by atoms with van der Waals surface area (Å²) >= 11 is 0. The Morgan fingerprint density at radius 2 is 2.31 bits per heavy atom. The molecular formula is C12H16O. The van der Waals surface area contributed by atoms with Gasteiger partial charge in [-0.1, -0.05) is 31.1 Å². The van der Waals surface area contributed by atoms with Crippen molar-refractivity contribution in [2.45, 2.75) is 33.1 Å². The molecule has 0 aromatic carbocycles. The lowest BCUT2D eigenvalue weighted by atomic mass is 9.63. The molecule has 2 aliphatic rings. The minimum atomic E-state index is -0.160. The first-order valence-corrected chi connectivity index (χ1v) is 5.08. The third kappa shape index (κ3) is 1.18. The maximum atomic E-state index is 11.8. The van der Waals surface area contributed by atoms with Crippen molar-refractivity contribution in [1.29, 1.82) is 0 Å². The fraction of sp³-hybridized carbons (Fsp3) is 0.583. The average molecular weight is 176 g/mol.